The molecule has 3 N–H and O–H groups in total. The molecular weight excluding hydrogens is 226 g/mol. The standard InChI is InChI=1S/C14H27N3O/c1-2-18-9-8-14(6-7-14)11-17-13(15)16-10-12-4-3-5-12/h12H,2-11H2,1H3,(H3,15,16,17). The van der Waals surface area contributed by atoms with Crippen LogP contribution in [0.3, 0.4) is 0 Å². The summed E-state index contributed by atoms with van der Waals surface area (Å²) >= 11 is 0. The quantitative estimate of drug-likeness (QED) is 0.394. The third-order valence-corrected chi connectivity index (χ3v) is 4.32. The number of guanidine groups is 1. The highest BCUT2D eigenvalue weighted by Gasteiger charge is 2.41. The number of rotatable bonds is 8. The first kappa shape index (κ1) is 13.7. The fraction of sp³-hybridized carbons (Fsp3) is 0.929. The van der Waals surface area contributed by atoms with Crippen LogP contribution in [-0.2, 0) is 4.74 Å². The van der Waals surface area contributed by atoms with E-state index >= 15 is 0 Å². The van der Waals surface area contributed by atoms with Crippen molar-refractivity contribution < 1.29 is 4.74 Å². The van der Waals surface area contributed by atoms with Gasteiger partial charge in [0.05, 0.1) is 0 Å². The van der Waals surface area contributed by atoms with Gasteiger partial charge in [-0.05, 0) is 50.4 Å². The minimum atomic E-state index is 0.401. The van der Waals surface area contributed by atoms with Crippen molar-refractivity contribution in [1.29, 1.82) is 0 Å². The molecule has 0 aromatic rings. The van der Waals surface area contributed by atoms with Gasteiger partial charge in [0.15, 0.2) is 5.96 Å². The van der Waals surface area contributed by atoms with E-state index in [1.165, 1.54) is 32.1 Å². The molecule has 2 fully saturated rings. The number of hydrogen-bond donors (Lipinski definition) is 2. The molecule has 104 valence electrons. The van der Waals surface area contributed by atoms with Gasteiger partial charge in [-0.25, -0.2) is 0 Å². The van der Waals surface area contributed by atoms with E-state index in [0.717, 1.165) is 38.6 Å². The Morgan fingerprint density at radius 2 is 2.22 bits per heavy atom. The van der Waals surface area contributed by atoms with Gasteiger partial charge in [-0.1, -0.05) is 6.42 Å². The molecule has 2 saturated carbocycles. The van der Waals surface area contributed by atoms with Gasteiger partial charge in [-0.2, -0.15) is 0 Å². The third-order valence-electron chi connectivity index (χ3n) is 4.32. The summed E-state index contributed by atoms with van der Waals surface area (Å²) in [5.41, 5.74) is 6.30. The summed E-state index contributed by atoms with van der Waals surface area (Å²) in [5.74, 6) is 1.45. The molecule has 2 rings (SSSR count). The van der Waals surface area contributed by atoms with E-state index in [1.807, 2.05) is 6.92 Å². The van der Waals surface area contributed by atoms with Crippen LogP contribution < -0.4 is 11.1 Å². The lowest BCUT2D eigenvalue weighted by atomic mass is 9.85. The highest BCUT2D eigenvalue weighted by molar-refractivity contribution is 5.77. The number of nitrogens with two attached hydrogens (primary N) is 1. The third kappa shape index (κ3) is 4.16. The van der Waals surface area contributed by atoms with Crippen molar-refractivity contribution in [1.82, 2.24) is 5.32 Å². The molecule has 18 heavy (non-hydrogen) atoms. The zero-order valence-corrected chi connectivity index (χ0v) is 11.6. The van der Waals surface area contributed by atoms with Gasteiger partial charge in [-0.15, -0.1) is 0 Å². The predicted octanol–water partition coefficient (Wildman–Crippen LogP) is 1.90. The molecule has 4 heteroatoms. The molecule has 0 aromatic heterocycles. The lowest BCUT2D eigenvalue weighted by molar-refractivity contribution is 0.129. The van der Waals surface area contributed by atoms with E-state index in [-0.39, 0.29) is 0 Å². The van der Waals surface area contributed by atoms with Crippen molar-refractivity contribution in [3.63, 3.8) is 0 Å². The van der Waals surface area contributed by atoms with Crippen molar-refractivity contribution in [2.24, 2.45) is 22.1 Å². The van der Waals surface area contributed by atoms with Crippen LogP contribution in [-0.4, -0.2) is 32.3 Å². The van der Waals surface area contributed by atoms with Crippen LogP contribution >= 0.6 is 0 Å². The monoisotopic (exact) mass is 253 g/mol. The summed E-state index contributed by atoms with van der Waals surface area (Å²) in [5, 5.41) is 3.25. The fourth-order valence-corrected chi connectivity index (χ4v) is 2.35. The number of aliphatic imine (C=N–C) groups is 1. The molecule has 0 aromatic carbocycles. The Hall–Kier alpha value is -0.770. The van der Waals surface area contributed by atoms with Crippen LogP contribution in [0.25, 0.3) is 0 Å². The maximum Gasteiger partial charge on any atom is 0.188 e. The zero-order valence-electron chi connectivity index (χ0n) is 11.6. The molecular formula is C14H27N3O. The number of nitrogens with zero attached hydrogens (tertiary/aromatic N) is 1. The number of ether oxygens (including phenoxy) is 1. The fourth-order valence-electron chi connectivity index (χ4n) is 2.35. The normalized spacial score (nSPS) is 22.6. The van der Waals surface area contributed by atoms with Crippen molar-refractivity contribution >= 4 is 5.96 Å². The molecule has 0 heterocycles. The number of nitrogens with one attached hydrogen (secondary N) is 1. The molecule has 0 unspecified atom stereocenters. The molecule has 4 nitrogen and oxygen atoms in total. The second-order valence-electron chi connectivity index (χ2n) is 5.83. The zero-order chi connectivity index (χ0) is 12.8. The van der Waals surface area contributed by atoms with Gasteiger partial charge in [0.1, 0.15) is 0 Å². The van der Waals surface area contributed by atoms with Crippen molar-refractivity contribution in [3.05, 3.63) is 0 Å². The van der Waals surface area contributed by atoms with E-state index in [0.29, 0.717) is 11.4 Å². The first-order valence-electron chi connectivity index (χ1n) is 7.36. The predicted molar refractivity (Wildman–Crippen MR) is 74.6 cm³/mol. The molecule has 0 spiro atoms. The molecule has 2 aliphatic rings. The second kappa shape index (κ2) is 6.41. The Bertz CT molecular complexity index is 283. The van der Waals surface area contributed by atoms with Crippen LogP contribution in [0.15, 0.2) is 4.99 Å². The van der Waals surface area contributed by atoms with E-state index in [9.17, 15) is 0 Å². The van der Waals surface area contributed by atoms with Gasteiger partial charge < -0.3 is 15.8 Å². The van der Waals surface area contributed by atoms with Gasteiger partial charge in [0, 0.05) is 26.3 Å². The number of hydrogen-bond acceptors (Lipinski definition) is 2. The summed E-state index contributed by atoms with van der Waals surface area (Å²) in [6.07, 6.45) is 7.75. The first-order chi connectivity index (χ1) is 8.74. The molecule has 0 aliphatic heterocycles. The SMILES string of the molecule is CCOCCC1(CN=C(N)NCC2CCC2)CC1. The minimum Gasteiger partial charge on any atom is -0.382 e. The van der Waals surface area contributed by atoms with Gasteiger partial charge in [0.2, 0.25) is 0 Å². The maximum atomic E-state index is 5.90. The largest absolute Gasteiger partial charge is 0.382 e. The van der Waals surface area contributed by atoms with Gasteiger partial charge in [-0.3, -0.25) is 4.99 Å². The Balaban J connectivity index is 1.62. The lowest BCUT2D eigenvalue weighted by Gasteiger charge is -2.25. The van der Waals surface area contributed by atoms with E-state index in [1.54, 1.807) is 0 Å². The summed E-state index contributed by atoms with van der Waals surface area (Å²) < 4.78 is 5.42. The van der Waals surface area contributed by atoms with E-state index < -0.39 is 0 Å². The molecule has 2 aliphatic carbocycles. The minimum absolute atomic E-state index is 0.401. The van der Waals surface area contributed by atoms with E-state index in [2.05, 4.69) is 10.3 Å². The molecule has 0 amide bonds. The van der Waals surface area contributed by atoms with Gasteiger partial charge >= 0.3 is 0 Å². The van der Waals surface area contributed by atoms with Crippen LogP contribution in [0.2, 0.25) is 0 Å². The molecule has 0 bridgehead atoms. The summed E-state index contributed by atoms with van der Waals surface area (Å²) in [6, 6.07) is 0. The van der Waals surface area contributed by atoms with Crippen LogP contribution in [0.1, 0.15) is 45.4 Å². The average Bonchev–Trinajstić information content (AvgIpc) is 3.06. The van der Waals surface area contributed by atoms with Crippen LogP contribution in [0.5, 0.6) is 0 Å². The Labute approximate surface area is 110 Å². The summed E-state index contributed by atoms with van der Waals surface area (Å²) in [6.45, 7) is 5.58. The smallest absolute Gasteiger partial charge is 0.188 e. The van der Waals surface area contributed by atoms with Crippen molar-refractivity contribution in [3.8, 4) is 0 Å². The summed E-state index contributed by atoms with van der Waals surface area (Å²) in [7, 11) is 0. The summed E-state index contributed by atoms with van der Waals surface area (Å²) in [4.78, 5) is 4.50. The molecule has 0 atom stereocenters. The second-order valence-corrected chi connectivity index (χ2v) is 5.83. The maximum absolute atomic E-state index is 5.90. The average molecular weight is 253 g/mol. The van der Waals surface area contributed by atoms with Gasteiger partial charge in [0.25, 0.3) is 0 Å². The first-order valence-corrected chi connectivity index (χ1v) is 7.36. The van der Waals surface area contributed by atoms with Crippen molar-refractivity contribution in [2.75, 3.05) is 26.3 Å². The van der Waals surface area contributed by atoms with Crippen LogP contribution in [0.4, 0.5) is 0 Å². The lowest BCUT2D eigenvalue weighted by Crippen LogP contribution is -2.37. The van der Waals surface area contributed by atoms with Crippen molar-refractivity contribution in [2.45, 2.75) is 45.4 Å². The highest BCUT2D eigenvalue weighted by atomic mass is 16.5. The Kier molecular flexibility index (Phi) is 4.87. The molecule has 0 saturated heterocycles. The molecule has 0 radical (unpaired) electrons. The van der Waals surface area contributed by atoms with Crippen LogP contribution in [0, 0.1) is 11.3 Å². The Morgan fingerprint density at radius 1 is 1.44 bits per heavy atom. The highest BCUT2D eigenvalue weighted by Crippen LogP contribution is 2.48. The topological polar surface area (TPSA) is 59.6 Å². The Morgan fingerprint density at radius 3 is 2.78 bits per heavy atom. The van der Waals surface area contributed by atoms with E-state index in [4.69, 9.17) is 10.5 Å².